The second kappa shape index (κ2) is 10.2. The van der Waals surface area contributed by atoms with Gasteiger partial charge in [-0.25, -0.2) is 14.4 Å². The highest BCUT2D eigenvalue weighted by atomic mass is 19.1. The molecular formula is C26H29FN6O4. The van der Waals surface area contributed by atoms with Crippen LogP contribution < -0.4 is 19.7 Å². The van der Waals surface area contributed by atoms with Gasteiger partial charge in [0.05, 0.1) is 4.92 Å². The van der Waals surface area contributed by atoms with E-state index in [0.29, 0.717) is 25.3 Å². The number of ether oxygens (including phenoxy) is 2. The van der Waals surface area contributed by atoms with Gasteiger partial charge in [-0.05, 0) is 55.7 Å². The number of nitro groups is 1. The third kappa shape index (κ3) is 5.72. The molecule has 1 N–H and O–H groups in total. The van der Waals surface area contributed by atoms with Crippen LogP contribution in [0.4, 0.5) is 21.7 Å². The summed E-state index contributed by atoms with van der Waals surface area (Å²) in [5.74, 6) is 1.69. The smallest absolute Gasteiger partial charge is 0.353 e. The van der Waals surface area contributed by atoms with Gasteiger partial charge in [0.1, 0.15) is 12.1 Å². The van der Waals surface area contributed by atoms with Crippen LogP contribution in [0.2, 0.25) is 0 Å². The first-order chi connectivity index (χ1) is 17.8. The molecule has 2 aliphatic rings. The van der Waals surface area contributed by atoms with Crippen molar-refractivity contribution in [2.45, 2.75) is 32.4 Å². The summed E-state index contributed by atoms with van der Waals surface area (Å²) in [4.78, 5) is 24.5. The van der Waals surface area contributed by atoms with Gasteiger partial charge in [0.25, 0.3) is 0 Å². The molecule has 10 nitrogen and oxygen atoms in total. The Morgan fingerprint density at radius 2 is 1.73 bits per heavy atom. The van der Waals surface area contributed by atoms with Gasteiger partial charge in [0.15, 0.2) is 11.5 Å². The first-order valence-corrected chi connectivity index (χ1v) is 12.2. The molecule has 0 amide bonds. The van der Waals surface area contributed by atoms with E-state index in [1.807, 2.05) is 36.9 Å². The molecule has 0 spiro atoms. The molecule has 2 aromatic carbocycles. The number of piperazine rings is 1. The van der Waals surface area contributed by atoms with E-state index < -0.39 is 10.5 Å². The Morgan fingerprint density at radius 1 is 1.03 bits per heavy atom. The molecule has 0 atom stereocenters. The quantitative estimate of drug-likeness (QED) is 0.357. The Hall–Kier alpha value is -3.99. The second-order valence-electron chi connectivity index (χ2n) is 9.91. The molecule has 194 valence electrons. The van der Waals surface area contributed by atoms with Gasteiger partial charge in [-0.1, -0.05) is 18.2 Å². The van der Waals surface area contributed by atoms with E-state index in [-0.39, 0.29) is 24.1 Å². The van der Waals surface area contributed by atoms with Crippen molar-refractivity contribution in [2.24, 2.45) is 0 Å². The lowest BCUT2D eigenvalue weighted by atomic mass is 9.95. The van der Waals surface area contributed by atoms with Crippen LogP contribution in [0.3, 0.4) is 0 Å². The van der Waals surface area contributed by atoms with Gasteiger partial charge >= 0.3 is 5.69 Å². The van der Waals surface area contributed by atoms with E-state index in [1.165, 1.54) is 18.5 Å². The highest BCUT2D eigenvalue weighted by molar-refractivity contribution is 5.71. The number of nitrogens with one attached hydrogen (secondary N) is 1. The van der Waals surface area contributed by atoms with Crippen molar-refractivity contribution in [1.29, 1.82) is 0 Å². The maximum absolute atomic E-state index is 13.3. The average molecular weight is 509 g/mol. The second-order valence-corrected chi connectivity index (χ2v) is 9.91. The van der Waals surface area contributed by atoms with Gasteiger partial charge in [-0.3, -0.25) is 15.0 Å². The zero-order valence-electron chi connectivity index (χ0n) is 20.8. The van der Waals surface area contributed by atoms with E-state index in [0.717, 1.165) is 42.3 Å². The van der Waals surface area contributed by atoms with Crippen molar-refractivity contribution < 1.29 is 18.8 Å². The molecule has 0 saturated carbocycles. The maximum Gasteiger partial charge on any atom is 0.353 e. The summed E-state index contributed by atoms with van der Waals surface area (Å²) in [7, 11) is 0. The first kappa shape index (κ1) is 24.7. The summed E-state index contributed by atoms with van der Waals surface area (Å²) in [6.45, 7) is 7.51. The fraction of sp³-hybridized carbons (Fsp3) is 0.385. The molecule has 0 radical (unpaired) electrons. The predicted molar refractivity (Wildman–Crippen MR) is 137 cm³/mol. The lowest BCUT2D eigenvalue weighted by molar-refractivity contribution is -0.383. The summed E-state index contributed by atoms with van der Waals surface area (Å²) in [6.07, 6.45) is 1.89. The Morgan fingerprint density at radius 3 is 2.46 bits per heavy atom. The lowest BCUT2D eigenvalue weighted by Crippen LogP contribution is -2.46. The van der Waals surface area contributed by atoms with E-state index in [4.69, 9.17) is 9.47 Å². The van der Waals surface area contributed by atoms with Gasteiger partial charge < -0.3 is 19.7 Å². The molecular weight excluding hydrogens is 479 g/mol. The van der Waals surface area contributed by atoms with Crippen LogP contribution in [-0.4, -0.2) is 58.3 Å². The van der Waals surface area contributed by atoms with Crippen LogP contribution in [-0.2, 0) is 13.0 Å². The van der Waals surface area contributed by atoms with E-state index in [9.17, 15) is 14.5 Å². The summed E-state index contributed by atoms with van der Waals surface area (Å²) in [6, 6.07) is 12.2. The largest absolute Gasteiger partial charge is 0.454 e. The average Bonchev–Trinajstić information content (AvgIpc) is 3.33. The summed E-state index contributed by atoms with van der Waals surface area (Å²) < 4.78 is 24.1. The number of rotatable bonds is 8. The Kier molecular flexibility index (Phi) is 6.79. The Labute approximate surface area is 214 Å². The monoisotopic (exact) mass is 508 g/mol. The van der Waals surface area contributed by atoms with E-state index in [2.05, 4.69) is 20.2 Å². The molecule has 2 aliphatic heterocycles. The van der Waals surface area contributed by atoms with Crippen molar-refractivity contribution in [1.82, 2.24) is 14.9 Å². The molecule has 0 aliphatic carbocycles. The van der Waals surface area contributed by atoms with E-state index in [1.54, 1.807) is 12.1 Å². The van der Waals surface area contributed by atoms with Gasteiger partial charge in [0, 0.05) is 38.3 Å². The van der Waals surface area contributed by atoms with E-state index >= 15 is 0 Å². The third-order valence-corrected chi connectivity index (χ3v) is 6.52. The van der Waals surface area contributed by atoms with Crippen molar-refractivity contribution in [3.05, 3.63) is 75.9 Å². The number of anilines is 2. The lowest BCUT2D eigenvalue weighted by Gasteiger charge is -2.35. The molecule has 37 heavy (non-hydrogen) atoms. The van der Waals surface area contributed by atoms with Crippen LogP contribution >= 0.6 is 0 Å². The molecule has 1 fully saturated rings. The molecule has 3 heterocycles. The fourth-order valence-electron chi connectivity index (χ4n) is 4.75. The standard InChI is InChI=1S/C26H29FN6O4/c1-26(2,14-18-3-6-20(27)7-4-18)30-24-23(33(34)35)25(29-16-28-24)32-11-9-31(10-12-32)15-19-5-8-21-22(13-19)37-17-36-21/h3-8,13,16H,9-12,14-15,17H2,1-2H3,(H,28,29,30). The predicted octanol–water partition coefficient (Wildman–Crippen LogP) is 4.01. The van der Waals surface area contributed by atoms with Crippen molar-refractivity contribution >= 4 is 17.3 Å². The Balaban J connectivity index is 1.27. The number of aromatic nitrogens is 2. The maximum atomic E-state index is 13.3. The van der Waals surface area contributed by atoms with Crippen molar-refractivity contribution in [3.8, 4) is 11.5 Å². The number of nitrogens with zero attached hydrogens (tertiary/aromatic N) is 5. The van der Waals surface area contributed by atoms with Crippen molar-refractivity contribution in [2.75, 3.05) is 43.2 Å². The number of fused-ring (bicyclic) bond motifs is 1. The number of hydrogen-bond acceptors (Lipinski definition) is 9. The topological polar surface area (TPSA) is 106 Å². The first-order valence-electron chi connectivity index (χ1n) is 12.2. The minimum atomic E-state index is -0.572. The van der Waals surface area contributed by atoms with Crippen LogP contribution in [0.5, 0.6) is 11.5 Å². The Bertz CT molecular complexity index is 1280. The molecule has 3 aromatic rings. The minimum absolute atomic E-state index is 0.140. The van der Waals surface area contributed by atoms with Gasteiger partial charge in [-0.2, -0.15) is 0 Å². The fourth-order valence-corrected chi connectivity index (χ4v) is 4.75. The third-order valence-electron chi connectivity index (χ3n) is 6.52. The molecule has 1 saturated heterocycles. The normalized spacial score (nSPS) is 15.6. The summed E-state index contributed by atoms with van der Waals surface area (Å²) >= 11 is 0. The van der Waals surface area contributed by atoms with Crippen LogP contribution in [0, 0.1) is 15.9 Å². The molecule has 0 unspecified atom stereocenters. The molecule has 1 aromatic heterocycles. The van der Waals surface area contributed by atoms with Crippen LogP contribution in [0.1, 0.15) is 25.0 Å². The number of halogens is 1. The molecule has 0 bridgehead atoms. The molecule has 5 rings (SSSR count). The highest BCUT2D eigenvalue weighted by Gasteiger charge is 2.32. The summed E-state index contributed by atoms with van der Waals surface area (Å²) in [5.41, 5.74) is 1.33. The number of hydrogen-bond donors (Lipinski definition) is 1. The summed E-state index contributed by atoms with van der Waals surface area (Å²) in [5, 5.41) is 15.4. The SMILES string of the molecule is CC(C)(Cc1ccc(F)cc1)Nc1ncnc(N2CCN(Cc3ccc4c(c3)OCO4)CC2)c1[N+](=O)[O-]. The molecule has 11 heteroatoms. The minimum Gasteiger partial charge on any atom is -0.454 e. The zero-order chi connectivity index (χ0) is 26.0. The van der Waals surface area contributed by atoms with Crippen molar-refractivity contribution in [3.63, 3.8) is 0 Å². The van der Waals surface area contributed by atoms with Crippen LogP contribution in [0.25, 0.3) is 0 Å². The van der Waals surface area contributed by atoms with Gasteiger partial charge in [0.2, 0.25) is 18.4 Å². The van der Waals surface area contributed by atoms with Crippen LogP contribution in [0.15, 0.2) is 48.8 Å². The van der Waals surface area contributed by atoms with Gasteiger partial charge in [-0.15, -0.1) is 0 Å². The number of benzene rings is 2. The highest BCUT2D eigenvalue weighted by Crippen LogP contribution is 2.35. The zero-order valence-corrected chi connectivity index (χ0v) is 20.8.